The molecule has 4 aromatic heterocycles. The van der Waals surface area contributed by atoms with E-state index in [0.29, 0.717) is 0 Å². The normalized spacial score (nSPS) is 11.8. The molecule has 20 rings (SSSR count). The molecule has 446 valence electrons. The van der Waals surface area contributed by atoms with Crippen molar-refractivity contribution in [1.29, 1.82) is 0 Å². The molecule has 0 fully saturated rings. The van der Waals surface area contributed by atoms with Crippen molar-refractivity contribution in [2.24, 2.45) is 0 Å². The van der Waals surface area contributed by atoms with Crippen LogP contribution in [0.15, 0.2) is 340 Å². The van der Waals surface area contributed by atoms with E-state index in [1.54, 1.807) is 24.8 Å². The van der Waals surface area contributed by atoms with Crippen molar-refractivity contribution in [1.82, 2.24) is 29.1 Å². The van der Waals surface area contributed by atoms with Crippen molar-refractivity contribution in [2.75, 3.05) is 0 Å². The van der Waals surface area contributed by atoms with Crippen LogP contribution in [0.4, 0.5) is 0 Å². The second-order valence-electron chi connectivity index (χ2n) is 24.9. The van der Waals surface area contributed by atoms with E-state index < -0.39 is 0 Å². The van der Waals surface area contributed by atoms with Gasteiger partial charge in [0.25, 0.3) is 0 Å². The molecule has 0 saturated heterocycles. The van der Waals surface area contributed by atoms with Crippen LogP contribution in [-0.2, 0) is 0 Å². The molecular formula is C90H56N6. The van der Waals surface area contributed by atoms with Crippen molar-refractivity contribution in [3.63, 3.8) is 0 Å². The smallest absolute Gasteiger partial charge is 0.0971 e. The van der Waals surface area contributed by atoms with Gasteiger partial charge >= 0.3 is 0 Å². The molecule has 6 nitrogen and oxygen atoms in total. The largest absolute Gasteiger partial charge is 0.309 e. The summed E-state index contributed by atoms with van der Waals surface area (Å²) >= 11 is 0. The van der Waals surface area contributed by atoms with Gasteiger partial charge in [0.1, 0.15) is 0 Å². The van der Waals surface area contributed by atoms with Crippen molar-refractivity contribution in [2.45, 2.75) is 0 Å². The third-order valence-corrected chi connectivity index (χ3v) is 19.6. The van der Waals surface area contributed by atoms with Crippen LogP contribution in [-0.4, -0.2) is 29.1 Å². The molecule has 96 heavy (non-hydrogen) atoms. The molecule has 0 saturated carbocycles. The van der Waals surface area contributed by atoms with E-state index in [0.717, 1.165) is 49.3 Å². The van der Waals surface area contributed by atoms with Crippen LogP contribution >= 0.6 is 0 Å². The molecule has 0 N–H and O–H groups in total. The van der Waals surface area contributed by atoms with Gasteiger partial charge in [-0.2, -0.15) is 0 Å². The highest BCUT2D eigenvalue weighted by Gasteiger charge is 2.19. The first-order valence-corrected chi connectivity index (χ1v) is 32.6. The van der Waals surface area contributed by atoms with Crippen LogP contribution in [0.2, 0.25) is 0 Å². The fourth-order valence-electron chi connectivity index (χ4n) is 15.0. The van der Waals surface area contributed by atoms with Crippen LogP contribution < -0.4 is 0 Å². The van der Waals surface area contributed by atoms with Gasteiger partial charge in [-0.05, 0) is 149 Å². The molecule has 0 radical (unpaired) electrons. The number of hydrogen-bond acceptors (Lipinski definition) is 4. The van der Waals surface area contributed by atoms with Gasteiger partial charge in [-0.15, -0.1) is 0 Å². The average molecular weight is 1220 g/mol. The SMILES string of the molecule is c1ccc(-c2ccc(-n3c4ccccc4c4cc(-c5ccc(-c6ccc7c(c6)c6ccccc6c6nccnc76)cc5)ccc43)cc2)cc1.c1ccc2c(-n3c4ccccc4c4cc(-c5ccc(-c6ccc7c(c6)c6ccccc6c6nccnc76)cc5)ccc43)cccc2c1. The Kier molecular flexibility index (Phi) is 12.8. The van der Waals surface area contributed by atoms with E-state index in [4.69, 9.17) is 9.97 Å². The van der Waals surface area contributed by atoms with Gasteiger partial charge in [-0.1, -0.05) is 249 Å². The van der Waals surface area contributed by atoms with Gasteiger partial charge in [-0.25, -0.2) is 0 Å². The van der Waals surface area contributed by atoms with Crippen molar-refractivity contribution in [3.8, 4) is 67.0 Å². The van der Waals surface area contributed by atoms with Gasteiger partial charge in [0.05, 0.1) is 49.8 Å². The summed E-state index contributed by atoms with van der Waals surface area (Å²) in [7, 11) is 0. The summed E-state index contributed by atoms with van der Waals surface area (Å²) in [5, 5.41) is 16.8. The van der Waals surface area contributed by atoms with Gasteiger partial charge in [0.15, 0.2) is 0 Å². The first kappa shape index (κ1) is 54.8. The predicted octanol–water partition coefficient (Wildman–Crippen LogP) is 23.6. The van der Waals surface area contributed by atoms with Gasteiger partial charge in [0.2, 0.25) is 0 Å². The maximum absolute atomic E-state index is 4.72. The fourth-order valence-corrected chi connectivity index (χ4v) is 15.0. The van der Waals surface area contributed by atoms with E-state index in [1.807, 2.05) is 0 Å². The number of nitrogens with zero attached hydrogens (tertiary/aromatic N) is 6. The molecule has 0 amide bonds. The predicted molar refractivity (Wildman–Crippen MR) is 402 cm³/mol. The molecule has 20 aromatic rings. The Labute approximate surface area is 552 Å². The summed E-state index contributed by atoms with van der Waals surface area (Å²) in [4.78, 5) is 18.8. The van der Waals surface area contributed by atoms with E-state index in [1.165, 1.54) is 137 Å². The lowest BCUT2D eigenvalue weighted by Crippen LogP contribution is -1.95. The number of para-hydroxylation sites is 2. The number of hydrogen-bond donors (Lipinski definition) is 0. The van der Waals surface area contributed by atoms with Crippen LogP contribution in [0, 0.1) is 0 Å². The number of rotatable bonds is 7. The van der Waals surface area contributed by atoms with Crippen molar-refractivity contribution in [3.05, 3.63) is 340 Å². The fraction of sp³-hybridized carbons (Fsp3) is 0. The molecule has 0 aliphatic rings. The number of benzene rings is 16. The van der Waals surface area contributed by atoms with Crippen LogP contribution in [0.3, 0.4) is 0 Å². The molecule has 6 heteroatoms. The quantitative estimate of drug-likeness (QED) is 0.149. The highest BCUT2D eigenvalue weighted by atomic mass is 15.0. The minimum absolute atomic E-state index is 0.944. The summed E-state index contributed by atoms with van der Waals surface area (Å²) < 4.78 is 4.79. The second-order valence-corrected chi connectivity index (χ2v) is 24.9. The maximum Gasteiger partial charge on any atom is 0.0971 e. The summed E-state index contributed by atoms with van der Waals surface area (Å²) in [6.45, 7) is 0. The highest BCUT2D eigenvalue weighted by Crippen LogP contribution is 2.42. The van der Waals surface area contributed by atoms with E-state index in [-0.39, 0.29) is 0 Å². The number of aromatic nitrogens is 6. The molecular weight excluding hydrogens is 1170 g/mol. The third-order valence-electron chi connectivity index (χ3n) is 19.6. The topological polar surface area (TPSA) is 61.4 Å². The lowest BCUT2D eigenvalue weighted by Gasteiger charge is -2.12. The molecule has 0 bridgehead atoms. The minimum Gasteiger partial charge on any atom is -0.309 e. The van der Waals surface area contributed by atoms with E-state index in [9.17, 15) is 0 Å². The molecule has 0 spiro atoms. The molecule has 0 aliphatic carbocycles. The Balaban J connectivity index is 0.000000135. The molecule has 4 heterocycles. The minimum atomic E-state index is 0.944. The van der Waals surface area contributed by atoms with E-state index >= 15 is 0 Å². The molecule has 0 unspecified atom stereocenters. The first-order chi connectivity index (χ1) is 47.6. The summed E-state index contributed by atoms with van der Waals surface area (Å²) in [5.74, 6) is 0. The molecule has 0 atom stereocenters. The highest BCUT2D eigenvalue weighted by molar-refractivity contribution is 6.25. The average Bonchev–Trinajstić information content (AvgIpc) is 1.21. The summed E-state index contributed by atoms with van der Waals surface area (Å²) in [6, 6.07) is 114. The Morgan fingerprint density at radius 2 is 0.490 bits per heavy atom. The van der Waals surface area contributed by atoms with Crippen LogP contribution in [0.5, 0.6) is 0 Å². The molecule has 0 aliphatic heterocycles. The zero-order valence-corrected chi connectivity index (χ0v) is 52.0. The van der Waals surface area contributed by atoms with Crippen molar-refractivity contribution >= 4 is 120 Å². The van der Waals surface area contributed by atoms with Crippen molar-refractivity contribution < 1.29 is 0 Å². The number of fused-ring (bicyclic) bond motifs is 19. The second kappa shape index (κ2) is 22.4. The zero-order chi connectivity index (χ0) is 63.2. The van der Waals surface area contributed by atoms with Gasteiger partial charge < -0.3 is 9.13 Å². The maximum atomic E-state index is 4.72. The first-order valence-electron chi connectivity index (χ1n) is 32.6. The standard InChI is InChI=1S/C46H29N3.C44H27N3/c1-2-8-30(9-3-1)31-18-22-36(23-19-31)49-43-13-7-6-11-38(43)42-29-35(21-25-44(42)49)33-16-14-32(15-17-33)34-20-24-40-41(28-34)37-10-4-5-12-39(37)45-46(40)48-27-26-47-45;1-2-10-33-30(8-1)9-7-15-40(33)47-41-14-6-5-12-35(41)39-27-32(21-23-42(39)47)29-18-16-28(17-19-29)31-20-22-37-38(26-31)34-11-3-4-13-36(34)43-44(37)46-25-24-45-43/h1-29H;1-27H. The third kappa shape index (κ3) is 9.03. The lowest BCUT2D eigenvalue weighted by atomic mass is 9.94. The van der Waals surface area contributed by atoms with E-state index in [2.05, 4.69) is 335 Å². The Morgan fingerprint density at radius 3 is 0.979 bits per heavy atom. The summed E-state index contributed by atoms with van der Waals surface area (Å²) in [6.07, 6.45) is 7.11. The molecule has 16 aromatic carbocycles. The Bertz CT molecular complexity index is 6410. The summed E-state index contributed by atoms with van der Waals surface area (Å²) in [5.41, 5.74) is 23.0. The monoisotopic (exact) mass is 1220 g/mol. The lowest BCUT2D eigenvalue weighted by molar-refractivity contribution is 1.18. The zero-order valence-electron chi connectivity index (χ0n) is 52.0. The Hall–Kier alpha value is -12.9. The van der Waals surface area contributed by atoms with Crippen LogP contribution in [0.1, 0.15) is 0 Å². The van der Waals surface area contributed by atoms with Gasteiger partial charge in [0, 0.05) is 79.0 Å². The van der Waals surface area contributed by atoms with Crippen LogP contribution in [0.25, 0.3) is 187 Å². The Morgan fingerprint density at radius 1 is 0.177 bits per heavy atom. The van der Waals surface area contributed by atoms with Gasteiger partial charge in [-0.3, -0.25) is 19.9 Å².